The number of hydrogen-bond donors (Lipinski definition) is 0. The van der Waals surface area contributed by atoms with E-state index in [0.717, 1.165) is 18.9 Å². The van der Waals surface area contributed by atoms with Crippen LogP contribution in [0, 0.1) is 5.92 Å². The fourth-order valence-corrected chi connectivity index (χ4v) is 3.23. The highest BCUT2D eigenvalue weighted by Crippen LogP contribution is 2.35. The van der Waals surface area contributed by atoms with Crippen LogP contribution in [0.4, 0.5) is 13.2 Å². The molecule has 0 aliphatic heterocycles. The first-order valence-corrected chi connectivity index (χ1v) is 7.70. The Labute approximate surface area is 130 Å². The van der Waals surface area contributed by atoms with Crippen molar-refractivity contribution < 1.29 is 18.0 Å². The Morgan fingerprint density at radius 1 is 1.33 bits per heavy atom. The molecule has 0 spiro atoms. The molecule has 1 aromatic carbocycles. The largest absolute Gasteiger partial charge is 0.417 e. The van der Waals surface area contributed by atoms with E-state index in [9.17, 15) is 18.0 Å². The maximum absolute atomic E-state index is 12.9. The summed E-state index contributed by atoms with van der Waals surface area (Å²) in [6.45, 7) is 0.607. The van der Waals surface area contributed by atoms with Gasteiger partial charge in [-0.2, -0.15) is 13.2 Å². The van der Waals surface area contributed by atoms with E-state index in [4.69, 9.17) is 0 Å². The van der Waals surface area contributed by atoms with Crippen LogP contribution in [0.25, 0.3) is 0 Å². The Morgan fingerprint density at radius 3 is 2.52 bits per heavy atom. The van der Waals surface area contributed by atoms with Gasteiger partial charge in [0.25, 0.3) is 5.91 Å². The van der Waals surface area contributed by atoms with Crippen LogP contribution in [0.3, 0.4) is 0 Å². The van der Waals surface area contributed by atoms with Gasteiger partial charge in [-0.1, -0.05) is 28.8 Å². The lowest BCUT2D eigenvalue weighted by atomic mass is 10.1. The zero-order valence-corrected chi connectivity index (χ0v) is 13.3. The van der Waals surface area contributed by atoms with E-state index in [0.29, 0.717) is 12.5 Å². The number of hydrogen-bond acceptors (Lipinski definition) is 1. The highest BCUT2D eigenvalue weighted by molar-refractivity contribution is 9.10. The van der Waals surface area contributed by atoms with Crippen LogP contribution >= 0.6 is 15.9 Å². The Balaban J connectivity index is 2.15. The van der Waals surface area contributed by atoms with Gasteiger partial charge in [0.1, 0.15) is 0 Å². The SMILES string of the molecule is CN(CC1CCCC1)C(=O)c1ccc(Br)c(C(F)(F)F)c1. The summed E-state index contributed by atoms with van der Waals surface area (Å²) in [4.78, 5) is 13.8. The van der Waals surface area contributed by atoms with Gasteiger partial charge < -0.3 is 4.90 Å². The Kier molecular flexibility index (Phi) is 4.96. The van der Waals surface area contributed by atoms with E-state index in [1.165, 1.54) is 29.9 Å². The van der Waals surface area contributed by atoms with Crippen LogP contribution in [0.1, 0.15) is 41.6 Å². The first kappa shape index (κ1) is 16.3. The lowest BCUT2D eigenvalue weighted by Gasteiger charge is -2.21. The molecule has 116 valence electrons. The summed E-state index contributed by atoms with van der Waals surface area (Å²) in [5.74, 6) is 0.108. The molecule has 1 amide bonds. The predicted molar refractivity (Wildman–Crippen MR) is 78.1 cm³/mol. The van der Waals surface area contributed by atoms with Crippen LogP contribution in [-0.2, 0) is 6.18 Å². The second kappa shape index (κ2) is 6.38. The van der Waals surface area contributed by atoms with Gasteiger partial charge >= 0.3 is 6.18 Å². The van der Waals surface area contributed by atoms with E-state index in [1.807, 2.05) is 0 Å². The van der Waals surface area contributed by atoms with Crippen LogP contribution < -0.4 is 0 Å². The first-order valence-electron chi connectivity index (χ1n) is 6.91. The number of alkyl halides is 3. The lowest BCUT2D eigenvalue weighted by Crippen LogP contribution is -2.31. The highest BCUT2D eigenvalue weighted by atomic mass is 79.9. The standard InChI is InChI=1S/C15H17BrF3NO/c1-20(9-10-4-2-3-5-10)14(21)11-6-7-13(16)12(8-11)15(17,18)19/h6-8,10H,2-5,9H2,1H3. The van der Waals surface area contributed by atoms with E-state index in [-0.39, 0.29) is 15.9 Å². The third kappa shape index (κ3) is 3.99. The molecule has 0 saturated heterocycles. The van der Waals surface area contributed by atoms with Crippen LogP contribution in [0.2, 0.25) is 0 Å². The highest BCUT2D eigenvalue weighted by Gasteiger charge is 2.34. The molecule has 1 fully saturated rings. The number of nitrogens with zero attached hydrogens (tertiary/aromatic N) is 1. The van der Waals surface area contributed by atoms with Crippen molar-refractivity contribution in [1.82, 2.24) is 4.90 Å². The maximum Gasteiger partial charge on any atom is 0.417 e. The fraction of sp³-hybridized carbons (Fsp3) is 0.533. The Hall–Kier alpha value is -1.04. The first-order chi connectivity index (χ1) is 9.79. The van der Waals surface area contributed by atoms with Gasteiger partial charge in [-0.15, -0.1) is 0 Å². The number of carbonyl (C=O) groups is 1. The van der Waals surface area contributed by atoms with Gasteiger partial charge in [-0.25, -0.2) is 0 Å². The minimum absolute atomic E-state index is 0.0509. The summed E-state index contributed by atoms with van der Waals surface area (Å²) in [6, 6.07) is 3.61. The molecule has 0 atom stereocenters. The molecular weight excluding hydrogens is 347 g/mol. The Bertz CT molecular complexity index is 524. The van der Waals surface area contributed by atoms with Gasteiger partial charge in [-0.3, -0.25) is 4.79 Å². The second-order valence-electron chi connectivity index (χ2n) is 5.53. The summed E-state index contributed by atoms with van der Waals surface area (Å²) in [5.41, 5.74) is -0.742. The smallest absolute Gasteiger partial charge is 0.341 e. The molecule has 0 bridgehead atoms. The van der Waals surface area contributed by atoms with E-state index in [2.05, 4.69) is 15.9 Å². The zero-order valence-electron chi connectivity index (χ0n) is 11.7. The molecule has 1 aromatic rings. The average molecular weight is 364 g/mol. The van der Waals surface area contributed by atoms with E-state index < -0.39 is 11.7 Å². The summed E-state index contributed by atoms with van der Waals surface area (Å²) in [6.07, 6.45) is 0.0447. The van der Waals surface area contributed by atoms with E-state index in [1.54, 1.807) is 7.05 Å². The lowest BCUT2D eigenvalue weighted by molar-refractivity contribution is -0.138. The molecule has 21 heavy (non-hydrogen) atoms. The average Bonchev–Trinajstić information content (AvgIpc) is 2.90. The molecule has 2 rings (SSSR count). The molecule has 6 heteroatoms. The molecule has 1 aliphatic rings. The van der Waals surface area contributed by atoms with Gasteiger partial charge in [0, 0.05) is 23.6 Å². The van der Waals surface area contributed by atoms with Gasteiger partial charge in [0.05, 0.1) is 5.56 Å². The third-order valence-corrected chi connectivity index (χ3v) is 4.56. The fourth-order valence-electron chi connectivity index (χ4n) is 2.76. The number of benzene rings is 1. The molecule has 1 aliphatic carbocycles. The zero-order chi connectivity index (χ0) is 15.6. The summed E-state index contributed by atoms with van der Waals surface area (Å²) in [5, 5.41) is 0. The van der Waals surface area contributed by atoms with Crippen molar-refractivity contribution in [3.63, 3.8) is 0 Å². The molecule has 1 saturated carbocycles. The molecule has 0 aromatic heterocycles. The minimum atomic E-state index is -4.47. The molecule has 0 radical (unpaired) electrons. The number of amides is 1. The van der Waals surface area contributed by atoms with Crippen molar-refractivity contribution in [3.8, 4) is 0 Å². The number of carbonyl (C=O) groups excluding carboxylic acids is 1. The van der Waals surface area contributed by atoms with E-state index >= 15 is 0 Å². The van der Waals surface area contributed by atoms with Gasteiger partial charge in [0.2, 0.25) is 0 Å². The molecular formula is C15H17BrF3NO. The van der Waals surface area contributed by atoms with Crippen molar-refractivity contribution in [2.24, 2.45) is 5.92 Å². The molecule has 0 N–H and O–H groups in total. The van der Waals surface area contributed by atoms with Crippen LogP contribution in [0.15, 0.2) is 22.7 Å². The topological polar surface area (TPSA) is 20.3 Å². The van der Waals surface area contributed by atoms with Crippen molar-refractivity contribution in [1.29, 1.82) is 0 Å². The van der Waals surface area contributed by atoms with Crippen LogP contribution in [0.5, 0.6) is 0 Å². The van der Waals surface area contributed by atoms with Crippen LogP contribution in [-0.4, -0.2) is 24.4 Å². The molecule has 2 nitrogen and oxygen atoms in total. The summed E-state index contributed by atoms with van der Waals surface area (Å²) in [7, 11) is 1.65. The van der Waals surface area contributed by atoms with Gasteiger partial charge in [0.15, 0.2) is 0 Å². The molecule has 0 unspecified atom stereocenters. The van der Waals surface area contributed by atoms with Crippen molar-refractivity contribution in [2.75, 3.05) is 13.6 Å². The maximum atomic E-state index is 12.9. The van der Waals surface area contributed by atoms with Crippen molar-refractivity contribution in [3.05, 3.63) is 33.8 Å². The molecule has 0 heterocycles. The monoisotopic (exact) mass is 363 g/mol. The van der Waals surface area contributed by atoms with Gasteiger partial charge in [-0.05, 0) is 37.0 Å². The summed E-state index contributed by atoms with van der Waals surface area (Å²) < 4.78 is 38.5. The third-order valence-electron chi connectivity index (χ3n) is 3.87. The number of rotatable bonds is 3. The Morgan fingerprint density at radius 2 is 1.95 bits per heavy atom. The summed E-state index contributed by atoms with van der Waals surface area (Å²) >= 11 is 2.88. The van der Waals surface area contributed by atoms with Crippen molar-refractivity contribution in [2.45, 2.75) is 31.9 Å². The second-order valence-corrected chi connectivity index (χ2v) is 6.38. The van der Waals surface area contributed by atoms with Crippen molar-refractivity contribution >= 4 is 21.8 Å². The predicted octanol–water partition coefficient (Wildman–Crippen LogP) is 4.73. The number of halogens is 4. The minimum Gasteiger partial charge on any atom is -0.341 e. The quantitative estimate of drug-likeness (QED) is 0.759. The normalized spacial score (nSPS) is 16.2.